The highest BCUT2D eigenvalue weighted by Gasteiger charge is 2.35. The van der Waals surface area contributed by atoms with E-state index in [0.29, 0.717) is 25.9 Å². The smallest absolute Gasteiger partial charge is 0.222 e. The molecule has 0 bridgehead atoms. The van der Waals surface area contributed by atoms with Gasteiger partial charge in [0.2, 0.25) is 5.91 Å². The molecule has 1 amide bonds. The van der Waals surface area contributed by atoms with E-state index < -0.39 is 5.60 Å². The van der Waals surface area contributed by atoms with Gasteiger partial charge in [-0.1, -0.05) is 18.2 Å². The first kappa shape index (κ1) is 18.4. The van der Waals surface area contributed by atoms with E-state index >= 15 is 0 Å². The highest BCUT2D eigenvalue weighted by molar-refractivity contribution is 5.76. The topological polar surface area (TPSA) is 62.7 Å². The van der Waals surface area contributed by atoms with E-state index in [-0.39, 0.29) is 12.5 Å². The minimum absolute atomic E-state index is 0.108. The van der Waals surface area contributed by atoms with Gasteiger partial charge < -0.3 is 14.7 Å². The van der Waals surface area contributed by atoms with E-state index in [0.717, 1.165) is 25.0 Å². The number of para-hydroxylation sites is 1. The van der Waals surface area contributed by atoms with E-state index in [9.17, 15) is 9.90 Å². The molecule has 0 radical (unpaired) electrons. The van der Waals surface area contributed by atoms with Crippen LogP contribution in [-0.4, -0.2) is 46.2 Å². The summed E-state index contributed by atoms with van der Waals surface area (Å²) in [5.41, 5.74) is 0.216. The molecule has 0 saturated carbocycles. The van der Waals surface area contributed by atoms with Crippen molar-refractivity contribution in [3.63, 3.8) is 0 Å². The lowest BCUT2D eigenvalue weighted by molar-refractivity contribution is -0.140. The number of carbonyl (C=O) groups excluding carboxylic acids is 1. The van der Waals surface area contributed by atoms with Crippen molar-refractivity contribution in [2.24, 2.45) is 0 Å². The summed E-state index contributed by atoms with van der Waals surface area (Å²) < 4.78 is 5.72. The van der Waals surface area contributed by atoms with E-state index in [1.165, 1.54) is 5.56 Å². The lowest BCUT2D eigenvalue weighted by Gasteiger charge is -2.39. The number of aliphatic hydroxyl groups is 1. The molecule has 2 heterocycles. The summed E-state index contributed by atoms with van der Waals surface area (Å²) in [5.74, 6) is 0.846. The van der Waals surface area contributed by atoms with E-state index in [1.807, 2.05) is 42.5 Å². The number of hydrogen-bond donors (Lipinski definition) is 1. The lowest BCUT2D eigenvalue weighted by atomic mass is 9.93. The first-order valence-corrected chi connectivity index (χ1v) is 9.22. The Bertz CT molecular complexity index is 693. The highest BCUT2D eigenvalue weighted by atomic mass is 16.5. The van der Waals surface area contributed by atoms with Crippen LogP contribution in [-0.2, 0) is 11.2 Å². The summed E-state index contributed by atoms with van der Waals surface area (Å²) in [6, 6.07) is 13.4. The number of likely N-dealkylation sites (tertiary alicyclic amines) is 1. The number of aromatic nitrogens is 1. The van der Waals surface area contributed by atoms with Gasteiger partial charge in [0.1, 0.15) is 18.0 Å². The van der Waals surface area contributed by atoms with E-state index in [4.69, 9.17) is 4.74 Å². The first-order valence-electron chi connectivity index (χ1n) is 9.22. The van der Waals surface area contributed by atoms with Crippen molar-refractivity contribution in [3.8, 4) is 5.75 Å². The summed E-state index contributed by atoms with van der Waals surface area (Å²) in [6.07, 6.45) is 7.16. The summed E-state index contributed by atoms with van der Waals surface area (Å²) in [5, 5.41) is 10.8. The molecule has 1 aliphatic rings. The van der Waals surface area contributed by atoms with Crippen molar-refractivity contribution in [2.45, 2.75) is 37.7 Å². The van der Waals surface area contributed by atoms with Crippen LogP contribution in [0.1, 0.15) is 31.2 Å². The molecule has 5 heteroatoms. The third-order valence-corrected chi connectivity index (χ3v) is 4.76. The van der Waals surface area contributed by atoms with Crippen LogP contribution < -0.4 is 4.74 Å². The molecule has 1 aromatic carbocycles. The second-order valence-electron chi connectivity index (χ2n) is 6.95. The summed E-state index contributed by atoms with van der Waals surface area (Å²) >= 11 is 0. The van der Waals surface area contributed by atoms with Crippen LogP contribution in [0.2, 0.25) is 0 Å². The fraction of sp³-hybridized carbons (Fsp3) is 0.429. The molecular formula is C21H26N2O3. The predicted molar refractivity (Wildman–Crippen MR) is 99.9 cm³/mol. The Kier molecular flexibility index (Phi) is 6.23. The molecule has 0 spiro atoms. The Morgan fingerprint density at radius 2 is 1.96 bits per heavy atom. The Morgan fingerprint density at radius 3 is 2.73 bits per heavy atom. The number of piperidine rings is 1. The van der Waals surface area contributed by atoms with Crippen molar-refractivity contribution in [1.82, 2.24) is 9.88 Å². The van der Waals surface area contributed by atoms with Crippen LogP contribution >= 0.6 is 0 Å². The van der Waals surface area contributed by atoms with Gasteiger partial charge in [0.15, 0.2) is 0 Å². The molecule has 0 unspecified atom stereocenters. The van der Waals surface area contributed by atoms with Crippen LogP contribution in [0.3, 0.4) is 0 Å². The standard InChI is InChI=1S/C21H26N2O3/c24-20(9-4-6-18-10-13-22-14-11-18)23-15-5-12-21(25,16-23)17-26-19-7-2-1-3-8-19/h1-3,7-8,10-11,13-14,25H,4-6,9,12,15-17H2/t21-/m1/s1. The minimum atomic E-state index is -0.977. The number of aryl methyl sites for hydroxylation is 1. The number of benzene rings is 1. The van der Waals surface area contributed by atoms with Crippen LogP contribution in [0.15, 0.2) is 54.9 Å². The zero-order chi connectivity index (χ0) is 18.2. The molecule has 138 valence electrons. The fourth-order valence-electron chi connectivity index (χ4n) is 3.33. The molecule has 2 aromatic rings. The zero-order valence-corrected chi connectivity index (χ0v) is 15.0. The van der Waals surface area contributed by atoms with E-state index in [1.54, 1.807) is 17.3 Å². The van der Waals surface area contributed by atoms with Crippen LogP contribution in [0, 0.1) is 0 Å². The van der Waals surface area contributed by atoms with Gasteiger partial charge in [-0.15, -0.1) is 0 Å². The zero-order valence-electron chi connectivity index (χ0n) is 15.0. The van der Waals surface area contributed by atoms with Gasteiger partial charge in [0, 0.05) is 25.4 Å². The molecule has 0 aliphatic carbocycles. The van der Waals surface area contributed by atoms with Crippen molar-refractivity contribution in [1.29, 1.82) is 0 Å². The highest BCUT2D eigenvalue weighted by Crippen LogP contribution is 2.23. The number of amides is 1. The second kappa shape index (κ2) is 8.81. The quantitative estimate of drug-likeness (QED) is 0.830. The molecule has 1 fully saturated rings. The molecule has 26 heavy (non-hydrogen) atoms. The monoisotopic (exact) mass is 354 g/mol. The SMILES string of the molecule is O=C(CCCc1ccncc1)N1CCC[C@](O)(COc2ccccc2)C1. The Hall–Kier alpha value is -2.40. The van der Waals surface area contributed by atoms with Crippen molar-refractivity contribution < 1.29 is 14.6 Å². The Morgan fingerprint density at radius 1 is 1.19 bits per heavy atom. The average Bonchev–Trinajstić information content (AvgIpc) is 2.68. The molecule has 1 saturated heterocycles. The van der Waals surface area contributed by atoms with Crippen LogP contribution in [0.4, 0.5) is 0 Å². The lowest BCUT2D eigenvalue weighted by Crippen LogP contribution is -2.53. The number of rotatable bonds is 7. The number of nitrogens with zero attached hydrogens (tertiary/aromatic N) is 2. The van der Waals surface area contributed by atoms with Crippen molar-refractivity contribution >= 4 is 5.91 Å². The minimum Gasteiger partial charge on any atom is -0.491 e. The number of carbonyl (C=O) groups is 1. The molecule has 3 rings (SSSR count). The van der Waals surface area contributed by atoms with Crippen LogP contribution in [0.25, 0.3) is 0 Å². The van der Waals surface area contributed by atoms with Gasteiger partial charge in [0.25, 0.3) is 0 Å². The maximum atomic E-state index is 12.5. The summed E-state index contributed by atoms with van der Waals surface area (Å²) in [6.45, 7) is 1.26. The van der Waals surface area contributed by atoms with E-state index in [2.05, 4.69) is 4.98 Å². The number of β-amino-alcohol motifs (C(OH)–C–C–N with tert-alkyl or cyclic N) is 1. The molecule has 1 aliphatic heterocycles. The third kappa shape index (κ3) is 5.30. The number of pyridine rings is 1. The number of hydrogen-bond acceptors (Lipinski definition) is 4. The van der Waals surface area contributed by atoms with Gasteiger partial charge in [-0.05, 0) is 55.5 Å². The molecule has 1 N–H and O–H groups in total. The largest absolute Gasteiger partial charge is 0.491 e. The molecule has 1 aromatic heterocycles. The second-order valence-corrected chi connectivity index (χ2v) is 6.95. The molecule has 5 nitrogen and oxygen atoms in total. The maximum absolute atomic E-state index is 12.5. The predicted octanol–water partition coefficient (Wildman–Crippen LogP) is 2.84. The fourth-order valence-corrected chi connectivity index (χ4v) is 3.33. The number of ether oxygens (including phenoxy) is 1. The molecule has 1 atom stereocenters. The average molecular weight is 354 g/mol. The first-order chi connectivity index (χ1) is 12.6. The van der Waals surface area contributed by atoms with Crippen molar-refractivity contribution in [3.05, 3.63) is 60.4 Å². The van der Waals surface area contributed by atoms with Gasteiger partial charge in [-0.25, -0.2) is 0 Å². The van der Waals surface area contributed by atoms with Crippen LogP contribution in [0.5, 0.6) is 5.75 Å². The van der Waals surface area contributed by atoms with Crippen molar-refractivity contribution in [2.75, 3.05) is 19.7 Å². The van der Waals surface area contributed by atoms with Gasteiger partial charge in [-0.2, -0.15) is 0 Å². The normalized spacial score (nSPS) is 20.0. The van der Waals surface area contributed by atoms with Gasteiger partial charge >= 0.3 is 0 Å². The van der Waals surface area contributed by atoms with Gasteiger partial charge in [-0.3, -0.25) is 9.78 Å². The maximum Gasteiger partial charge on any atom is 0.222 e. The third-order valence-electron chi connectivity index (χ3n) is 4.76. The summed E-state index contributed by atoms with van der Waals surface area (Å²) in [7, 11) is 0. The Balaban J connectivity index is 1.46. The van der Waals surface area contributed by atoms with Gasteiger partial charge in [0.05, 0.1) is 6.54 Å². The molecular weight excluding hydrogens is 328 g/mol. The Labute approximate surface area is 154 Å². The summed E-state index contributed by atoms with van der Waals surface area (Å²) in [4.78, 5) is 18.3.